The molecule has 1 aromatic rings. The second-order valence-electron chi connectivity index (χ2n) is 4.72. The van der Waals surface area contributed by atoms with Gasteiger partial charge in [-0.15, -0.1) is 0 Å². The number of rotatable bonds is 5. The summed E-state index contributed by atoms with van der Waals surface area (Å²) in [5.41, 5.74) is -0.787. The zero-order valence-electron chi connectivity index (χ0n) is 11.1. The molecule has 1 aromatic carbocycles. The van der Waals surface area contributed by atoms with Crippen LogP contribution in [0.5, 0.6) is 5.75 Å². The number of aliphatic hydroxyl groups excluding tert-OH is 1. The summed E-state index contributed by atoms with van der Waals surface area (Å²) in [5, 5.41) is 20.3. The summed E-state index contributed by atoms with van der Waals surface area (Å²) in [4.78, 5) is 11.8. The third-order valence-electron chi connectivity index (χ3n) is 2.94. The minimum Gasteiger partial charge on any atom is -0.503 e. The molecule has 1 atom stereocenters. The van der Waals surface area contributed by atoms with Crippen LogP contribution in [0.2, 0.25) is 0 Å². The Bertz CT molecular complexity index is 506. The number of carbonyl (C=O) groups excluding carboxylic acids is 1. The quantitative estimate of drug-likeness (QED) is 0.726. The van der Waals surface area contributed by atoms with E-state index >= 15 is 0 Å². The van der Waals surface area contributed by atoms with E-state index in [1.807, 2.05) is 0 Å². The Hall–Kier alpha value is -1.76. The van der Waals surface area contributed by atoms with Crippen molar-refractivity contribution < 1.29 is 28.2 Å². The summed E-state index contributed by atoms with van der Waals surface area (Å²) in [6.07, 6.45) is 0.237. The highest BCUT2D eigenvalue weighted by atomic mass is 19.2. The summed E-state index contributed by atoms with van der Waals surface area (Å²) in [6, 6.07) is -0.0714. The van der Waals surface area contributed by atoms with Crippen LogP contribution < -0.4 is 5.32 Å². The zero-order valence-corrected chi connectivity index (χ0v) is 11.1. The van der Waals surface area contributed by atoms with Gasteiger partial charge in [-0.25, -0.2) is 8.78 Å². The first-order chi connectivity index (χ1) is 9.29. The second kappa shape index (κ2) is 6.60. The molecule has 0 aliphatic heterocycles. The standard InChI is InChI=1S/C13H16F3NO3/c1-6(2)9(3-4-18)17-13(20)7-5-8(14)11(16)12(19)10(7)15/h5-6,9,18-19H,3-4H2,1-2H3,(H,17,20). The number of hydrogen-bond donors (Lipinski definition) is 3. The molecule has 4 nitrogen and oxygen atoms in total. The summed E-state index contributed by atoms with van der Waals surface area (Å²) in [6.45, 7) is 3.37. The minimum absolute atomic E-state index is 0.0481. The van der Waals surface area contributed by atoms with E-state index in [0.717, 1.165) is 0 Å². The lowest BCUT2D eigenvalue weighted by molar-refractivity contribution is 0.0910. The van der Waals surface area contributed by atoms with Crippen LogP contribution in [0.3, 0.4) is 0 Å². The van der Waals surface area contributed by atoms with Gasteiger partial charge in [-0.05, 0) is 18.4 Å². The summed E-state index contributed by atoms with van der Waals surface area (Å²) in [5.74, 6) is -7.34. The van der Waals surface area contributed by atoms with Gasteiger partial charge >= 0.3 is 0 Å². The van der Waals surface area contributed by atoms with Gasteiger partial charge < -0.3 is 15.5 Å². The highest BCUT2D eigenvalue weighted by molar-refractivity contribution is 5.95. The number of phenols is 1. The van der Waals surface area contributed by atoms with E-state index < -0.39 is 40.7 Å². The van der Waals surface area contributed by atoms with Crippen LogP contribution in [0.1, 0.15) is 30.6 Å². The molecular weight excluding hydrogens is 275 g/mol. The molecule has 0 bridgehead atoms. The Balaban J connectivity index is 3.04. The van der Waals surface area contributed by atoms with Crippen LogP contribution in [-0.2, 0) is 0 Å². The molecule has 0 aliphatic rings. The van der Waals surface area contributed by atoms with E-state index in [1.165, 1.54) is 0 Å². The third-order valence-corrected chi connectivity index (χ3v) is 2.94. The number of aliphatic hydroxyl groups is 1. The van der Waals surface area contributed by atoms with Gasteiger partial charge in [-0.1, -0.05) is 13.8 Å². The fourth-order valence-corrected chi connectivity index (χ4v) is 1.71. The lowest BCUT2D eigenvalue weighted by Crippen LogP contribution is -2.39. The smallest absolute Gasteiger partial charge is 0.254 e. The molecule has 0 heterocycles. The van der Waals surface area contributed by atoms with E-state index in [0.29, 0.717) is 6.07 Å². The molecular formula is C13H16F3NO3. The summed E-state index contributed by atoms with van der Waals surface area (Å²) in [7, 11) is 0. The van der Waals surface area contributed by atoms with Crippen molar-refractivity contribution in [2.75, 3.05) is 6.61 Å². The number of amides is 1. The molecule has 112 valence electrons. The highest BCUT2D eigenvalue weighted by Crippen LogP contribution is 2.26. The molecule has 1 rings (SSSR count). The van der Waals surface area contributed by atoms with E-state index in [2.05, 4.69) is 5.32 Å². The largest absolute Gasteiger partial charge is 0.503 e. The van der Waals surface area contributed by atoms with Gasteiger partial charge in [0.1, 0.15) is 0 Å². The second-order valence-corrected chi connectivity index (χ2v) is 4.72. The number of carbonyl (C=O) groups is 1. The normalized spacial score (nSPS) is 12.6. The van der Waals surface area contributed by atoms with Gasteiger partial charge in [0, 0.05) is 12.6 Å². The number of benzene rings is 1. The molecule has 0 saturated carbocycles. The Labute approximate surface area is 114 Å². The Morgan fingerprint density at radius 3 is 2.40 bits per heavy atom. The first kappa shape index (κ1) is 16.3. The Kier molecular flexibility index (Phi) is 5.38. The molecule has 7 heteroatoms. The van der Waals surface area contributed by atoms with Crippen molar-refractivity contribution in [3.63, 3.8) is 0 Å². The summed E-state index contributed by atoms with van der Waals surface area (Å²) < 4.78 is 39.6. The average Bonchev–Trinajstić information content (AvgIpc) is 2.39. The summed E-state index contributed by atoms with van der Waals surface area (Å²) >= 11 is 0. The topological polar surface area (TPSA) is 69.6 Å². The molecule has 20 heavy (non-hydrogen) atoms. The Morgan fingerprint density at radius 1 is 1.30 bits per heavy atom. The van der Waals surface area contributed by atoms with Gasteiger partial charge in [-0.2, -0.15) is 4.39 Å². The van der Waals surface area contributed by atoms with Crippen LogP contribution in [-0.4, -0.2) is 28.8 Å². The van der Waals surface area contributed by atoms with Crippen LogP contribution >= 0.6 is 0 Å². The monoisotopic (exact) mass is 291 g/mol. The SMILES string of the molecule is CC(C)C(CCO)NC(=O)c1cc(F)c(F)c(O)c1F. The molecule has 0 fully saturated rings. The van der Waals surface area contributed by atoms with Crippen LogP contribution in [0.4, 0.5) is 13.2 Å². The lowest BCUT2D eigenvalue weighted by Gasteiger charge is -2.21. The number of halogens is 3. The fourth-order valence-electron chi connectivity index (χ4n) is 1.71. The van der Waals surface area contributed by atoms with Crippen molar-refractivity contribution in [1.82, 2.24) is 5.32 Å². The van der Waals surface area contributed by atoms with Gasteiger partial charge in [0.2, 0.25) is 5.82 Å². The van der Waals surface area contributed by atoms with Crippen LogP contribution in [0.15, 0.2) is 6.07 Å². The van der Waals surface area contributed by atoms with Gasteiger partial charge in [0.25, 0.3) is 5.91 Å². The van der Waals surface area contributed by atoms with E-state index in [1.54, 1.807) is 13.8 Å². The third kappa shape index (κ3) is 3.41. The Morgan fingerprint density at radius 2 is 1.90 bits per heavy atom. The van der Waals surface area contributed by atoms with E-state index in [4.69, 9.17) is 10.2 Å². The van der Waals surface area contributed by atoms with Crippen LogP contribution in [0, 0.1) is 23.4 Å². The molecule has 3 N–H and O–H groups in total. The zero-order chi connectivity index (χ0) is 15.4. The average molecular weight is 291 g/mol. The minimum atomic E-state index is -1.74. The number of hydrogen-bond acceptors (Lipinski definition) is 3. The highest BCUT2D eigenvalue weighted by Gasteiger charge is 2.24. The first-order valence-corrected chi connectivity index (χ1v) is 6.07. The number of aromatic hydroxyl groups is 1. The van der Waals surface area contributed by atoms with Crippen molar-refractivity contribution in [2.45, 2.75) is 26.3 Å². The van der Waals surface area contributed by atoms with Crippen molar-refractivity contribution in [1.29, 1.82) is 0 Å². The van der Waals surface area contributed by atoms with Gasteiger partial charge in [-0.3, -0.25) is 4.79 Å². The first-order valence-electron chi connectivity index (χ1n) is 6.07. The van der Waals surface area contributed by atoms with Crippen LogP contribution in [0.25, 0.3) is 0 Å². The maximum atomic E-state index is 13.6. The molecule has 0 aromatic heterocycles. The van der Waals surface area contributed by atoms with Crippen molar-refractivity contribution in [3.8, 4) is 5.75 Å². The van der Waals surface area contributed by atoms with Gasteiger partial charge in [0.05, 0.1) is 5.56 Å². The maximum Gasteiger partial charge on any atom is 0.254 e. The molecule has 0 aliphatic carbocycles. The van der Waals surface area contributed by atoms with E-state index in [-0.39, 0.29) is 18.9 Å². The molecule has 1 amide bonds. The van der Waals surface area contributed by atoms with Crippen molar-refractivity contribution in [3.05, 3.63) is 29.1 Å². The number of phenolic OH excluding ortho intramolecular Hbond substituents is 1. The molecule has 1 unspecified atom stereocenters. The lowest BCUT2D eigenvalue weighted by atomic mass is 10.0. The predicted octanol–water partition coefficient (Wildman–Crippen LogP) is 1.95. The van der Waals surface area contributed by atoms with Crippen molar-refractivity contribution in [2.24, 2.45) is 5.92 Å². The predicted molar refractivity (Wildman–Crippen MR) is 65.8 cm³/mol. The fraction of sp³-hybridized carbons (Fsp3) is 0.462. The number of nitrogens with one attached hydrogen (secondary N) is 1. The van der Waals surface area contributed by atoms with E-state index in [9.17, 15) is 18.0 Å². The molecule has 0 spiro atoms. The van der Waals surface area contributed by atoms with Gasteiger partial charge in [0.15, 0.2) is 17.4 Å². The van der Waals surface area contributed by atoms with Crippen molar-refractivity contribution >= 4 is 5.91 Å². The maximum absolute atomic E-state index is 13.6. The molecule has 0 saturated heterocycles. The molecule has 0 radical (unpaired) electrons.